The third kappa shape index (κ3) is 5.05. The first-order valence-electron chi connectivity index (χ1n) is 18.1. The highest BCUT2D eigenvalue weighted by molar-refractivity contribution is 7.26. The Kier molecular flexibility index (Phi) is 7.22. The predicted molar refractivity (Wildman–Crippen MR) is 232 cm³/mol. The second-order valence-electron chi connectivity index (χ2n) is 13.6. The molecule has 0 aliphatic carbocycles. The Morgan fingerprint density at radius 2 is 1.09 bits per heavy atom. The summed E-state index contributed by atoms with van der Waals surface area (Å²) in [4.78, 5) is 7.53. The number of nitrogens with zero attached hydrogens (tertiary/aromatic N) is 3. The van der Waals surface area contributed by atoms with Crippen molar-refractivity contribution in [3.63, 3.8) is 0 Å². The number of rotatable bonds is 6. The lowest BCUT2D eigenvalue weighted by atomic mass is 10.0. The van der Waals surface area contributed by atoms with E-state index in [9.17, 15) is 0 Å². The molecule has 0 aliphatic heterocycles. The molecule has 0 radical (unpaired) electrons. The predicted octanol–water partition coefficient (Wildman–Crippen LogP) is 14.6. The van der Waals surface area contributed by atoms with Crippen LogP contribution in [-0.2, 0) is 0 Å². The number of benzene rings is 8. The van der Waals surface area contributed by atoms with Crippen LogP contribution >= 0.6 is 22.7 Å². The van der Waals surface area contributed by atoms with E-state index in [0.29, 0.717) is 0 Å². The summed E-state index contributed by atoms with van der Waals surface area (Å²) < 4.78 is 6.10. The molecule has 54 heavy (non-hydrogen) atoms. The highest BCUT2D eigenvalue weighted by Gasteiger charge is 2.22. The Morgan fingerprint density at radius 3 is 1.89 bits per heavy atom. The van der Waals surface area contributed by atoms with E-state index in [1.165, 1.54) is 57.8 Å². The minimum absolute atomic E-state index is 1.05. The maximum Gasteiger partial charge on any atom is 0.124 e. The molecule has 3 nitrogen and oxygen atoms in total. The summed E-state index contributed by atoms with van der Waals surface area (Å²) in [5, 5.41) is 6.04. The lowest BCUT2D eigenvalue weighted by Gasteiger charge is -2.27. The quantitative estimate of drug-likeness (QED) is 0.170. The molecule has 5 heteroatoms. The van der Waals surface area contributed by atoms with Crippen LogP contribution in [0.3, 0.4) is 0 Å². The first kappa shape index (κ1) is 31.0. The van der Waals surface area contributed by atoms with Crippen LogP contribution in [0.1, 0.15) is 0 Å². The third-order valence-corrected chi connectivity index (χ3v) is 12.6. The Balaban J connectivity index is 1.16. The summed E-state index contributed by atoms with van der Waals surface area (Å²) in [7, 11) is 0. The van der Waals surface area contributed by atoms with E-state index in [4.69, 9.17) is 4.98 Å². The summed E-state index contributed by atoms with van der Waals surface area (Å²) in [6.07, 6.45) is 0. The third-order valence-electron chi connectivity index (χ3n) is 10.4. The second-order valence-corrected chi connectivity index (χ2v) is 15.7. The van der Waals surface area contributed by atoms with Gasteiger partial charge in [0.2, 0.25) is 0 Å². The van der Waals surface area contributed by atoms with Gasteiger partial charge in [0, 0.05) is 53.6 Å². The Labute approximate surface area is 320 Å². The number of fused-ring (bicyclic) bond motifs is 7. The first-order chi connectivity index (χ1) is 26.8. The van der Waals surface area contributed by atoms with E-state index >= 15 is 0 Å². The molecular weight excluding hydrogens is 695 g/mol. The molecule has 0 N–H and O–H groups in total. The Bertz CT molecular complexity index is 3140. The van der Waals surface area contributed by atoms with Crippen LogP contribution < -0.4 is 4.90 Å². The Morgan fingerprint density at radius 1 is 0.426 bits per heavy atom. The van der Waals surface area contributed by atoms with Gasteiger partial charge in [-0.3, -0.25) is 0 Å². The molecule has 0 amide bonds. The van der Waals surface area contributed by atoms with Crippen molar-refractivity contribution in [3.8, 4) is 27.4 Å². The van der Waals surface area contributed by atoms with E-state index < -0.39 is 0 Å². The van der Waals surface area contributed by atoms with Gasteiger partial charge >= 0.3 is 0 Å². The van der Waals surface area contributed by atoms with Gasteiger partial charge in [-0.2, -0.15) is 0 Å². The number of hydrogen-bond acceptors (Lipinski definition) is 4. The second kappa shape index (κ2) is 12.6. The number of thiophene rings is 1. The van der Waals surface area contributed by atoms with Gasteiger partial charge in [-0.1, -0.05) is 121 Å². The summed E-state index contributed by atoms with van der Waals surface area (Å²) >= 11 is 3.61. The molecule has 11 rings (SSSR count). The molecular formula is C49H31N3S2. The van der Waals surface area contributed by atoms with E-state index in [0.717, 1.165) is 38.8 Å². The van der Waals surface area contributed by atoms with Crippen molar-refractivity contribution in [2.45, 2.75) is 0 Å². The average Bonchev–Trinajstić information content (AvgIpc) is 3.92. The number of hydrogen-bond donors (Lipinski definition) is 0. The van der Waals surface area contributed by atoms with Gasteiger partial charge in [0.05, 0.1) is 26.9 Å². The standard InChI is InChI=1S/C49H31N3S2/c1-4-13-32(14-5-1)33-23-25-36(26-24-33)51(37-27-28-39-38-19-10-11-20-42(38)52(44(39)29-37)35-17-8-3-9-18-35)43-21-12-22-45-48(43)40-30-47-41(31-46(40)53-45)50-49(54-47)34-15-6-2-7-16-34/h1-31H. The van der Waals surface area contributed by atoms with Crippen LogP contribution in [0.2, 0.25) is 0 Å². The van der Waals surface area contributed by atoms with Gasteiger partial charge in [-0.15, -0.1) is 22.7 Å². The SMILES string of the molecule is c1ccc(-c2ccc(N(c3ccc4c5ccccc5n(-c5ccccc5)c4c3)c3cccc4sc5cc6nc(-c7ccccc7)sc6cc5c34)cc2)cc1. The normalized spacial score (nSPS) is 11.7. The van der Waals surface area contributed by atoms with Crippen molar-refractivity contribution < 1.29 is 0 Å². The molecule has 0 unspecified atom stereocenters. The molecule has 0 aliphatic rings. The fraction of sp³-hybridized carbons (Fsp3) is 0. The summed E-state index contributed by atoms with van der Waals surface area (Å²) in [6.45, 7) is 0. The molecule has 0 bridgehead atoms. The van der Waals surface area contributed by atoms with Crippen molar-refractivity contribution in [3.05, 3.63) is 188 Å². The molecule has 11 aromatic rings. The van der Waals surface area contributed by atoms with Gasteiger partial charge < -0.3 is 9.47 Å². The minimum Gasteiger partial charge on any atom is -0.310 e. The molecule has 0 spiro atoms. The van der Waals surface area contributed by atoms with Crippen molar-refractivity contribution in [2.24, 2.45) is 0 Å². The smallest absolute Gasteiger partial charge is 0.124 e. The zero-order chi connectivity index (χ0) is 35.6. The maximum absolute atomic E-state index is 5.08. The van der Waals surface area contributed by atoms with Crippen molar-refractivity contribution in [2.75, 3.05) is 4.90 Å². The van der Waals surface area contributed by atoms with Crippen molar-refractivity contribution in [1.82, 2.24) is 9.55 Å². The monoisotopic (exact) mass is 725 g/mol. The van der Waals surface area contributed by atoms with E-state index in [2.05, 4.69) is 198 Å². The van der Waals surface area contributed by atoms with Gasteiger partial charge in [-0.25, -0.2) is 4.98 Å². The molecule has 3 heterocycles. The van der Waals surface area contributed by atoms with Gasteiger partial charge in [0.25, 0.3) is 0 Å². The number of anilines is 3. The lowest BCUT2D eigenvalue weighted by molar-refractivity contribution is 1.18. The molecule has 0 atom stereocenters. The van der Waals surface area contributed by atoms with E-state index in [1.807, 2.05) is 11.3 Å². The lowest BCUT2D eigenvalue weighted by Crippen LogP contribution is -2.10. The largest absolute Gasteiger partial charge is 0.310 e. The number of para-hydroxylation sites is 2. The summed E-state index contributed by atoms with van der Waals surface area (Å²) in [5.41, 5.74) is 11.5. The maximum atomic E-state index is 5.08. The topological polar surface area (TPSA) is 21.1 Å². The number of thiazole rings is 1. The van der Waals surface area contributed by atoms with Gasteiger partial charge in [0.1, 0.15) is 5.01 Å². The van der Waals surface area contributed by atoms with Crippen LogP contribution in [0.15, 0.2) is 188 Å². The van der Waals surface area contributed by atoms with Crippen molar-refractivity contribution in [1.29, 1.82) is 0 Å². The zero-order valence-corrected chi connectivity index (χ0v) is 30.7. The highest BCUT2D eigenvalue weighted by Crippen LogP contribution is 2.47. The molecule has 0 fully saturated rings. The average molecular weight is 726 g/mol. The molecule has 254 valence electrons. The van der Waals surface area contributed by atoms with Gasteiger partial charge in [0.15, 0.2) is 0 Å². The van der Waals surface area contributed by atoms with Gasteiger partial charge in [-0.05, 0) is 77.9 Å². The molecule has 0 saturated heterocycles. The van der Waals surface area contributed by atoms with Crippen LogP contribution in [-0.4, -0.2) is 9.55 Å². The van der Waals surface area contributed by atoms with E-state index in [-0.39, 0.29) is 0 Å². The van der Waals surface area contributed by atoms with Crippen LogP contribution in [0.4, 0.5) is 17.1 Å². The Hall–Kier alpha value is -6.53. The van der Waals surface area contributed by atoms with E-state index in [1.54, 1.807) is 11.3 Å². The first-order valence-corrected chi connectivity index (χ1v) is 19.8. The summed E-state index contributed by atoms with van der Waals surface area (Å²) in [6, 6.07) is 67.9. The molecule has 0 saturated carbocycles. The molecule has 3 aromatic heterocycles. The fourth-order valence-corrected chi connectivity index (χ4v) is 10.1. The fourth-order valence-electron chi connectivity index (χ4n) is 7.93. The number of aromatic nitrogens is 2. The zero-order valence-electron chi connectivity index (χ0n) is 29.1. The van der Waals surface area contributed by atoms with Crippen LogP contribution in [0.5, 0.6) is 0 Å². The molecule has 8 aromatic carbocycles. The minimum atomic E-state index is 1.05. The van der Waals surface area contributed by atoms with Crippen LogP contribution in [0.25, 0.3) is 79.6 Å². The summed E-state index contributed by atoms with van der Waals surface area (Å²) in [5.74, 6) is 0. The highest BCUT2D eigenvalue weighted by atomic mass is 32.1. The van der Waals surface area contributed by atoms with Crippen LogP contribution in [0, 0.1) is 0 Å². The van der Waals surface area contributed by atoms with Crippen molar-refractivity contribution >= 4 is 91.9 Å².